The van der Waals surface area contributed by atoms with Crippen LogP contribution in [-0.4, -0.2) is 28.9 Å². The largest absolute Gasteiger partial charge is 0.298 e. The number of aromatic nitrogens is 2. The highest BCUT2D eigenvalue weighted by Crippen LogP contribution is 2.31. The molecular formula is C22H23N3O2S. The van der Waals surface area contributed by atoms with Crippen LogP contribution in [0, 0.1) is 6.92 Å². The molecule has 0 bridgehead atoms. The van der Waals surface area contributed by atoms with Crippen LogP contribution in [0.25, 0.3) is 10.6 Å². The molecule has 1 aromatic heterocycles. The van der Waals surface area contributed by atoms with Crippen LogP contribution >= 0.6 is 11.3 Å². The molecule has 2 aromatic carbocycles. The number of carbonyl (C=O) groups excluding carboxylic acids is 2. The van der Waals surface area contributed by atoms with Gasteiger partial charge < -0.3 is 0 Å². The third kappa shape index (κ3) is 4.70. The van der Waals surface area contributed by atoms with E-state index in [4.69, 9.17) is 0 Å². The van der Waals surface area contributed by atoms with E-state index in [0.29, 0.717) is 23.7 Å². The lowest BCUT2D eigenvalue weighted by Crippen LogP contribution is -2.33. The zero-order valence-corrected chi connectivity index (χ0v) is 16.9. The predicted octanol–water partition coefficient (Wildman–Crippen LogP) is 4.70. The zero-order valence-electron chi connectivity index (χ0n) is 16.1. The molecule has 0 aliphatic carbocycles. The lowest BCUT2D eigenvalue weighted by atomic mass is 10.1. The second-order valence-electron chi connectivity index (χ2n) is 6.64. The second kappa shape index (κ2) is 9.37. The molecule has 6 heteroatoms. The average Bonchev–Trinajstić information content (AvgIpc) is 3.18. The molecule has 0 atom stereocenters. The van der Waals surface area contributed by atoms with E-state index in [1.807, 2.05) is 49.4 Å². The molecule has 0 saturated carbocycles. The number of unbranched alkanes of at least 4 members (excludes halogenated alkanes) is 1. The number of anilines is 1. The molecule has 0 spiro atoms. The van der Waals surface area contributed by atoms with Gasteiger partial charge in [-0.25, -0.2) is 0 Å². The molecule has 0 N–H and O–H groups in total. The summed E-state index contributed by atoms with van der Waals surface area (Å²) in [4.78, 5) is 25.6. The molecule has 0 aliphatic heterocycles. The Morgan fingerprint density at radius 1 is 1.14 bits per heavy atom. The fraction of sp³-hybridized carbons (Fsp3) is 0.273. The lowest BCUT2D eigenvalue weighted by Gasteiger charge is -2.19. The Hall–Kier alpha value is -2.86. The van der Waals surface area contributed by atoms with E-state index in [1.165, 1.54) is 11.3 Å². The Kier molecular flexibility index (Phi) is 6.66. The summed E-state index contributed by atoms with van der Waals surface area (Å²) < 4.78 is 0. The zero-order chi connectivity index (χ0) is 19.9. The number of hydrogen-bond donors (Lipinski definition) is 0. The Labute approximate surface area is 169 Å². The van der Waals surface area contributed by atoms with Crippen LogP contribution in [-0.2, 0) is 11.2 Å². The SMILES string of the molecule is CCCCN(C(=O)Cc1ccccc1)c1nnc(-c2ccc(C=O)cc2C)s1. The van der Waals surface area contributed by atoms with Crippen molar-refractivity contribution in [2.75, 3.05) is 11.4 Å². The van der Waals surface area contributed by atoms with E-state index < -0.39 is 0 Å². The number of hydrogen-bond acceptors (Lipinski definition) is 5. The average molecular weight is 394 g/mol. The van der Waals surface area contributed by atoms with Crippen LogP contribution in [0.2, 0.25) is 0 Å². The van der Waals surface area contributed by atoms with Crippen molar-refractivity contribution in [3.05, 3.63) is 65.2 Å². The minimum Gasteiger partial charge on any atom is -0.298 e. The molecule has 3 rings (SSSR count). The molecule has 28 heavy (non-hydrogen) atoms. The summed E-state index contributed by atoms with van der Waals surface area (Å²) in [5, 5.41) is 9.97. The van der Waals surface area contributed by atoms with Gasteiger partial charge in [0.05, 0.1) is 6.42 Å². The molecule has 0 radical (unpaired) electrons. The minimum absolute atomic E-state index is 0.0235. The van der Waals surface area contributed by atoms with Crippen molar-refractivity contribution in [2.24, 2.45) is 0 Å². The van der Waals surface area contributed by atoms with Crippen LogP contribution in [0.5, 0.6) is 0 Å². The molecule has 1 heterocycles. The van der Waals surface area contributed by atoms with Crippen LogP contribution in [0.1, 0.15) is 41.3 Å². The van der Waals surface area contributed by atoms with E-state index in [0.717, 1.165) is 40.8 Å². The molecule has 144 valence electrons. The van der Waals surface area contributed by atoms with E-state index >= 15 is 0 Å². The first-order valence-corrected chi connectivity index (χ1v) is 10.2. The van der Waals surface area contributed by atoms with Crippen molar-refractivity contribution in [1.82, 2.24) is 10.2 Å². The van der Waals surface area contributed by atoms with Gasteiger partial charge in [0.15, 0.2) is 0 Å². The highest BCUT2D eigenvalue weighted by molar-refractivity contribution is 7.18. The Morgan fingerprint density at radius 2 is 1.93 bits per heavy atom. The van der Waals surface area contributed by atoms with Crippen LogP contribution in [0.4, 0.5) is 5.13 Å². The molecule has 0 saturated heterocycles. The van der Waals surface area contributed by atoms with Crippen LogP contribution in [0.3, 0.4) is 0 Å². The van der Waals surface area contributed by atoms with Crippen LogP contribution < -0.4 is 4.90 Å². The Bertz CT molecular complexity index is 953. The second-order valence-corrected chi connectivity index (χ2v) is 7.60. The van der Waals surface area contributed by atoms with Gasteiger partial charge >= 0.3 is 0 Å². The smallest absolute Gasteiger partial charge is 0.233 e. The van der Waals surface area contributed by atoms with E-state index in [9.17, 15) is 9.59 Å². The maximum Gasteiger partial charge on any atom is 0.233 e. The number of aryl methyl sites for hydroxylation is 1. The molecule has 0 fully saturated rings. The molecule has 3 aromatic rings. The first-order chi connectivity index (χ1) is 13.6. The van der Waals surface area contributed by atoms with Crippen molar-refractivity contribution in [2.45, 2.75) is 33.1 Å². The van der Waals surface area contributed by atoms with Gasteiger partial charge in [0.2, 0.25) is 11.0 Å². The van der Waals surface area contributed by atoms with Gasteiger partial charge in [-0.2, -0.15) is 0 Å². The highest BCUT2D eigenvalue weighted by atomic mass is 32.1. The summed E-state index contributed by atoms with van der Waals surface area (Å²) >= 11 is 1.41. The number of amides is 1. The fourth-order valence-corrected chi connectivity index (χ4v) is 3.92. The maximum atomic E-state index is 12.9. The first-order valence-electron chi connectivity index (χ1n) is 9.36. The van der Waals surface area contributed by atoms with E-state index in [2.05, 4.69) is 17.1 Å². The quantitative estimate of drug-likeness (QED) is 0.520. The van der Waals surface area contributed by atoms with E-state index in [-0.39, 0.29) is 5.91 Å². The third-order valence-corrected chi connectivity index (χ3v) is 5.48. The summed E-state index contributed by atoms with van der Waals surface area (Å²) in [6.07, 6.45) is 3.07. The standard InChI is InChI=1S/C22H23N3O2S/c1-3-4-12-25(20(27)14-17-8-6-5-7-9-17)22-24-23-21(28-22)19-11-10-18(15-26)13-16(19)2/h5-11,13,15H,3-4,12,14H2,1-2H3. The number of rotatable bonds is 8. The summed E-state index contributed by atoms with van der Waals surface area (Å²) in [5.41, 5.74) is 3.51. The number of benzene rings is 2. The van der Waals surface area contributed by atoms with Crippen molar-refractivity contribution >= 4 is 28.7 Å². The summed E-state index contributed by atoms with van der Waals surface area (Å²) in [7, 11) is 0. The Balaban J connectivity index is 1.85. The van der Waals surface area contributed by atoms with Crippen molar-refractivity contribution in [1.29, 1.82) is 0 Å². The van der Waals surface area contributed by atoms with Gasteiger partial charge in [0.25, 0.3) is 0 Å². The van der Waals surface area contributed by atoms with E-state index in [1.54, 1.807) is 11.0 Å². The number of nitrogens with zero attached hydrogens (tertiary/aromatic N) is 3. The number of carbonyl (C=O) groups is 2. The summed E-state index contributed by atoms with van der Waals surface area (Å²) in [6, 6.07) is 15.2. The van der Waals surface area contributed by atoms with Gasteiger partial charge in [-0.3, -0.25) is 14.5 Å². The monoisotopic (exact) mass is 393 g/mol. The van der Waals surface area contributed by atoms with Gasteiger partial charge in [-0.05, 0) is 30.5 Å². The predicted molar refractivity (Wildman–Crippen MR) is 113 cm³/mol. The van der Waals surface area contributed by atoms with Crippen molar-refractivity contribution in [3.8, 4) is 10.6 Å². The van der Waals surface area contributed by atoms with Gasteiger partial charge in [0.1, 0.15) is 11.3 Å². The normalized spacial score (nSPS) is 10.6. The topological polar surface area (TPSA) is 63.2 Å². The molecule has 1 amide bonds. The molecule has 0 aliphatic rings. The third-order valence-electron chi connectivity index (χ3n) is 4.50. The minimum atomic E-state index is 0.0235. The lowest BCUT2D eigenvalue weighted by molar-refractivity contribution is -0.118. The molecular weight excluding hydrogens is 370 g/mol. The van der Waals surface area contributed by atoms with Gasteiger partial charge in [0, 0.05) is 17.7 Å². The van der Waals surface area contributed by atoms with Crippen molar-refractivity contribution in [3.63, 3.8) is 0 Å². The van der Waals surface area contributed by atoms with Gasteiger partial charge in [-0.1, -0.05) is 67.1 Å². The number of aldehydes is 1. The maximum absolute atomic E-state index is 12.9. The summed E-state index contributed by atoms with van der Waals surface area (Å²) in [5.74, 6) is 0.0235. The van der Waals surface area contributed by atoms with Gasteiger partial charge in [-0.15, -0.1) is 10.2 Å². The highest BCUT2D eigenvalue weighted by Gasteiger charge is 2.21. The summed E-state index contributed by atoms with van der Waals surface area (Å²) in [6.45, 7) is 4.67. The first kappa shape index (κ1) is 19.9. The molecule has 5 nitrogen and oxygen atoms in total. The molecule has 0 unspecified atom stereocenters. The van der Waals surface area contributed by atoms with Crippen LogP contribution in [0.15, 0.2) is 48.5 Å². The Morgan fingerprint density at radius 3 is 2.61 bits per heavy atom. The van der Waals surface area contributed by atoms with Crippen molar-refractivity contribution < 1.29 is 9.59 Å². The fourth-order valence-electron chi connectivity index (χ4n) is 2.94.